The Labute approximate surface area is 136 Å². The Hall–Kier alpha value is -0.760. The summed E-state index contributed by atoms with van der Waals surface area (Å²) < 4.78 is 36.8. The molecule has 0 aliphatic carbocycles. The Morgan fingerprint density at radius 2 is 2.17 bits per heavy atom. The molecule has 0 aromatic rings. The highest BCUT2D eigenvalue weighted by molar-refractivity contribution is 5.82. The van der Waals surface area contributed by atoms with Crippen molar-refractivity contribution in [2.75, 3.05) is 52.7 Å². The van der Waals surface area contributed by atoms with Crippen molar-refractivity contribution in [2.45, 2.75) is 38.1 Å². The minimum absolute atomic E-state index is 0.0457. The van der Waals surface area contributed by atoms with Gasteiger partial charge in [0.2, 0.25) is 5.67 Å². The minimum atomic E-state index is -1.98. The number of esters is 1. The second kappa shape index (κ2) is 7.01. The lowest BCUT2D eigenvalue weighted by Gasteiger charge is -2.44. The number of alkyl halides is 1. The van der Waals surface area contributed by atoms with E-state index in [4.69, 9.17) is 18.9 Å². The number of carbonyl (C=O) groups is 1. The molecule has 0 saturated carbocycles. The summed E-state index contributed by atoms with van der Waals surface area (Å²) in [6, 6.07) is 0. The predicted octanol–water partition coefficient (Wildman–Crippen LogP) is 1.13. The standard InChI is InChI=1S/C16H26FNO5/c1-2-21-14(19)16(17)10-18(9-15(16)11-20-12-15)6-8-23-13-5-3-4-7-22-13/h13H,2-12H2,1H3. The molecule has 0 bridgehead atoms. The molecule has 0 aromatic heterocycles. The van der Waals surface area contributed by atoms with Gasteiger partial charge in [-0.25, -0.2) is 9.18 Å². The van der Waals surface area contributed by atoms with Gasteiger partial charge >= 0.3 is 5.97 Å². The van der Waals surface area contributed by atoms with Crippen molar-refractivity contribution in [2.24, 2.45) is 5.41 Å². The zero-order valence-corrected chi connectivity index (χ0v) is 13.7. The van der Waals surface area contributed by atoms with Gasteiger partial charge in [-0.1, -0.05) is 0 Å². The van der Waals surface area contributed by atoms with Crippen molar-refractivity contribution in [3.05, 3.63) is 0 Å². The molecule has 2 atom stereocenters. The molecular formula is C16H26FNO5. The van der Waals surface area contributed by atoms with E-state index in [1.54, 1.807) is 6.92 Å². The summed E-state index contributed by atoms with van der Waals surface area (Å²) in [5.41, 5.74) is -2.75. The molecular weight excluding hydrogens is 305 g/mol. The third-order valence-corrected chi connectivity index (χ3v) is 5.01. The number of ether oxygens (including phenoxy) is 4. The molecule has 3 heterocycles. The van der Waals surface area contributed by atoms with Gasteiger partial charge in [0.25, 0.3) is 0 Å². The molecule has 3 aliphatic rings. The Balaban J connectivity index is 1.52. The summed E-state index contributed by atoms with van der Waals surface area (Å²) >= 11 is 0. The molecule has 6 nitrogen and oxygen atoms in total. The molecule has 0 aromatic carbocycles. The number of halogens is 1. The summed E-state index contributed by atoms with van der Waals surface area (Å²) in [6.45, 7) is 4.75. The maximum absolute atomic E-state index is 15.4. The topological polar surface area (TPSA) is 57.2 Å². The van der Waals surface area contributed by atoms with E-state index in [0.717, 1.165) is 25.9 Å². The zero-order chi connectivity index (χ0) is 16.3. The van der Waals surface area contributed by atoms with E-state index in [1.807, 2.05) is 4.90 Å². The number of hydrogen-bond donors (Lipinski definition) is 0. The van der Waals surface area contributed by atoms with Crippen molar-refractivity contribution in [3.63, 3.8) is 0 Å². The third kappa shape index (κ3) is 3.24. The smallest absolute Gasteiger partial charge is 0.346 e. The van der Waals surface area contributed by atoms with Gasteiger partial charge in [-0.15, -0.1) is 0 Å². The van der Waals surface area contributed by atoms with Crippen molar-refractivity contribution >= 4 is 5.97 Å². The van der Waals surface area contributed by atoms with E-state index >= 15 is 4.39 Å². The van der Waals surface area contributed by atoms with Crippen LogP contribution < -0.4 is 0 Å². The molecule has 132 valence electrons. The van der Waals surface area contributed by atoms with Crippen LogP contribution in [0.25, 0.3) is 0 Å². The maximum atomic E-state index is 15.4. The second-order valence-corrected chi connectivity index (χ2v) is 6.67. The minimum Gasteiger partial charge on any atom is -0.464 e. The second-order valence-electron chi connectivity index (χ2n) is 6.67. The van der Waals surface area contributed by atoms with Gasteiger partial charge in [-0.3, -0.25) is 4.90 Å². The summed E-state index contributed by atoms with van der Waals surface area (Å²) in [5, 5.41) is 0. The van der Waals surface area contributed by atoms with Crippen LogP contribution in [0.2, 0.25) is 0 Å². The Kier molecular flexibility index (Phi) is 5.20. The van der Waals surface area contributed by atoms with E-state index in [0.29, 0.717) is 19.7 Å². The number of hydrogen-bond acceptors (Lipinski definition) is 6. The van der Waals surface area contributed by atoms with Crippen LogP contribution in [0.4, 0.5) is 4.39 Å². The van der Waals surface area contributed by atoms with Gasteiger partial charge in [-0.05, 0) is 26.2 Å². The lowest BCUT2D eigenvalue weighted by Crippen LogP contribution is -2.61. The molecule has 1 spiro atoms. The van der Waals surface area contributed by atoms with Crippen LogP contribution in [0, 0.1) is 5.41 Å². The lowest BCUT2D eigenvalue weighted by molar-refractivity contribution is -0.196. The van der Waals surface area contributed by atoms with E-state index in [2.05, 4.69) is 0 Å². The summed E-state index contributed by atoms with van der Waals surface area (Å²) in [6.07, 6.45) is 2.96. The van der Waals surface area contributed by atoms with E-state index in [9.17, 15) is 4.79 Å². The molecule has 23 heavy (non-hydrogen) atoms. The van der Waals surface area contributed by atoms with Crippen molar-refractivity contribution in [1.82, 2.24) is 4.90 Å². The van der Waals surface area contributed by atoms with Crippen LogP contribution in [0.5, 0.6) is 0 Å². The molecule has 3 aliphatic heterocycles. The first-order chi connectivity index (χ1) is 11.1. The molecule has 0 amide bonds. The Bertz CT molecular complexity index is 425. The highest BCUT2D eigenvalue weighted by Gasteiger charge is 2.67. The van der Waals surface area contributed by atoms with Gasteiger partial charge in [0.05, 0.1) is 31.8 Å². The predicted molar refractivity (Wildman–Crippen MR) is 79.7 cm³/mol. The van der Waals surface area contributed by atoms with Crippen LogP contribution in [-0.4, -0.2) is 75.5 Å². The van der Waals surface area contributed by atoms with E-state index in [-0.39, 0.29) is 32.7 Å². The van der Waals surface area contributed by atoms with Gasteiger partial charge in [0, 0.05) is 26.2 Å². The summed E-state index contributed by atoms with van der Waals surface area (Å²) in [4.78, 5) is 14.0. The number of likely N-dealkylation sites (tertiary alicyclic amines) is 1. The molecule has 0 radical (unpaired) electrons. The fraction of sp³-hybridized carbons (Fsp3) is 0.938. The molecule has 3 rings (SSSR count). The summed E-state index contributed by atoms with van der Waals surface area (Å²) in [5.74, 6) is -0.762. The normalized spacial score (nSPS) is 33.6. The maximum Gasteiger partial charge on any atom is 0.346 e. The average Bonchev–Trinajstić information content (AvgIpc) is 2.83. The van der Waals surface area contributed by atoms with Crippen molar-refractivity contribution in [1.29, 1.82) is 0 Å². The first-order valence-corrected chi connectivity index (χ1v) is 8.49. The van der Waals surface area contributed by atoms with Crippen LogP contribution >= 0.6 is 0 Å². The Morgan fingerprint density at radius 1 is 1.35 bits per heavy atom. The molecule has 7 heteroatoms. The van der Waals surface area contributed by atoms with Gasteiger partial charge < -0.3 is 18.9 Å². The fourth-order valence-corrected chi connectivity index (χ4v) is 3.59. The number of rotatable bonds is 6. The van der Waals surface area contributed by atoms with Crippen LogP contribution in [0.3, 0.4) is 0 Å². The van der Waals surface area contributed by atoms with Crippen LogP contribution in [0.15, 0.2) is 0 Å². The molecule has 3 saturated heterocycles. The summed E-state index contributed by atoms with van der Waals surface area (Å²) in [7, 11) is 0. The van der Waals surface area contributed by atoms with Crippen molar-refractivity contribution in [3.8, 4) is 0 Å². The Morgan fingerprint density at radius 3 is 2.78 bits per heavy atom. The van der Waals surface area contributed by atoms with Crippen LogP contribution in [-0.2, 0) is 23.7 Å². The SMILES string of the molecule is CCOC(=O)C1(F)CN(CCOC2CCCCO2)CC12COC2. The van der Waals surface area contributed by atoms with Crippen molar-refractivity contribution < 1.29 is 28.1 Å². The lowest BCUT2D eigenvalue weighted by atomic mass is 9.74. The first-order valence-electron chi connectivity index (χ1n) is 8.49. The van der Waals surface area contributed by atoms with Gasteiger partial charge in [0.15, 0.2) is 6.29 Å². The largest absolute Gasteiger partial charge is 0.464 e. The first kappa shape index (κ1) is 17.1. The van der Waals surface area contributed by atoms with E-state index in [1.165, 1.54) is 0 Å². The monoisotopic (exact) mass is 331 g/mol. The van der Waals surface area contributed by atoms with Gasteiger partial charge in [0.1, 0.15) is 0 Å². The van der Waals surface area contributed by atoms with E-state index < -0.39 is 17.1 Å². The highest BCUT2D eigenvalue weighted by Crippen LogP contribution is 2.48. The van der Waals surface area contributed by atoms with Crippen LogP contribution in [0.1, 0.15) is 26.2 Å². The molecule has 3 fully saturated rings. The highest BCUT2D eigenvalue weighted by atomic mass is 19.1. The average molecular weight is 331 g/mol. The zero-order valence-electron chi connectivity index (χ0n) is 13.7. The number of nitrogens with zero attached hydrogens (tertiary/aromatic N) is 1. The molecule has 0 N–H and O–H groups in total. The third-order valence-electron chi connectivity index (χ3n) is 5.01. The van der Waals surface area contributed by atoms with Gasteiger partial charge in [-0.2, -0.15) is 0 Å². The molecule has 2 unspecified atom stereocenters. The number of carbonyl (C=O) groups excluding carboxylic acids is 1. The fourth-order valence-electron chi connectivity index (χ4n) is 3.59. The quantitative estimate of drug-likeness (QED) is 0.680.